The molecule has 0 saturated carbocycles. The fraction of sp³-hybridized carbons (Fsp3) is 0.571. The van der Waals surface area contributed by atoms with Crippen molar-refractivity contribution in [1.29, 1.82) is 0 Å². The Labute approximate surface area is 104 Å². The molecule has 0 N–H and O–H groups in total. The smallest absolute Gasteiger partial charge is 0.160 e. The zero-order valence-corrected chi connectivity index (χ0v) is 11.7. The lowest BCUT2D eigenvalue weighted by molar-refractivity contribution is 0.195. The maximum absolute atomic E-state index is 5.31. The summed E-state index contributed by atoms with van der Waals surface area (Å²) in [5.74, 6) is 1.57. The summed E-state index contributed by atoms with van der Waals surface area (Å²) in [6.07, 6.45) is 0.973. The second kappa shape index (κ2) is 5.41. The minimum absolute atomic E-state index is 0.125. The molecule has 0 amide bonds. The van der Waals surface area contributed by atoms with Crippen LogP contribution in [0.1, 0.15) is 19.4 Å². The predicted molar refractivity (Wildman–Crippen MR) is 71.0 cm³/mol. The highest BCUT2D eigenvalue weighted by molar-refractivity contribution is 5.43. The van der Waals surface area contributed by atoms with Gasteiger partial charge < -0.3 is 14.4 Å². The van der Waals surface area contributed by atoms with Crippen LogP contribution in [0.4, 0.5) is 0 Å². The largest absolute Gasteiger partial charge is 0.493 e. The van der Waals surface area contributed by atoms with Crippen LogP contribution < -0.4 is 9.47 Å². The van der Waals surface area contributed by atoms with E-state index in [0.29, 0.717) is 0 Å². The van der Waals surface area contributed by atoms with E-state index in [1.807, 2.05) is 12.1 Å². The minimum atomic E-state index is 0.125. The lowest BCUT2D eigenvalue weighted by Crippen LogP contribution is -2.40. The Morgan fingerprint density at radius 3 is 2.12 bits per heavy atom. The molecule has 96 valence electrons. The van der Waals surface area contributed by atoms with Crippen molar-refractivity contribution in [3.63, 3.8) is 0 Å². The molecule has 0 saturated heterocycles. The first-order chi connectivity index (χ1) is 7.90. The van der Waals surface area contributed by atoms with Crippen LogP contribution in [0, 0.1) is 0 Å². The Morgan fingerprint density at radius 1 is 1.06 bits per heavy atom. The van der Waals surface area contributed by atoms with Gasteiger partial charge in [-0.3, -0.25) is 0 Å². The second-order valence-electron chi connectivity index (χ2n) is 5.07. The number of likely N-dealkylation sites (N-methyl/N-ethyl adjacent to an activating group) is 1. The van der Waals surface area contributed by atoms with Crippen LogP contribution in [-0.4, -0.2) is 38.8 Å². The summed E-state index contributed by atoms with van der Waals surface area (Å²) in [4.78, 5) is 2.23. The Balaban J connectivity index is 2.93. The summed E-state index contributed by atoms with van der Waals surface area (Å²) >= 11 is 0. The van der Waals surface area contributed by atoms with Crippen molar-refractivity contribution in [1.82, 2.24) is 4.90 Å². The number of benzene rings is 1. The Morgan fingerprint density at radius 2 is 1.65 bits per heavy atom. The normalized spacial score (nSPS) is 11.7. The molecule has 3 heteroatoms. The van der Waals surface area contributed by atoms with Gasteiger partial charge in [-0.05, 0) is 52.1 Å². The monoisotopic (exact) mass is 237 g/mol. The molecule has 0 radical (unpaired) electrons. The van der Waals surface area contributed by atoms with Gasteiger partial charge in [-0.25, -0.2) is 0 Å². The van der Waals surface area contributed by atoms with Crippen molar-refractivity contribution in [3.8, 4) is 11.5 Å². The van der Waals surface area contributed by atoms with Crippen LogP contribution in [0.2, 0.25) is 0 Å². The summed E-state index contributed by atoms with van der Waals surface area (Å²) in [5.41, 5.74) is 1.38. The SMILES string of the molecule is COc1ccc(CC(C)(C)N(C)C)cc1OC. The van der Waals surface area contributed by atoms with Crippen LogP contribution in [0.15, 0.2) is 18.2 Å². The molecule has 0 spiro atoms. The van der Waals surface area contributed by atoms with Gasteiger partial charge in [0.1, 0.15) is 0 Å². The van der Waals surface area contributed by atoms with Crippen molar-refractivity contribution in [3.05, 3.63) is 23.8 Å². The minimum Gasteiger partial charge on any atom is -0.493 e. The van der Waals surface area contributed by atoms with E-state index in [0.717, 1.165) is 17.9 Å². The highest BCUT2D eigenvalue weighted by Gasteiger charge is 2.21. The topological polar surface area (TPSA) is 21.7 Å². The summed E-state index contributed by atoms with van der Waals surface area (Å²) in [5, 5.41) is 0. The molecule has 0 bridgehead atoms. The van der Waals surface area contributed by atoms with Crippen molar-refractivity contribution in [2.45, 2.75) is 25.8 Å². The Kier molecular flexibility index (Phi) is 4.40. The van der Waals surface area contributed by atoms with Gasteiger partial charge in [0.25, 0.3) is 0 Å². The lowest BCUT2D eigenvalue weighted by Gasteiger charge is -2.32. The van der Waals surface area contributed by atoms with E-state index in [2.05, 4.69) is 38.9 Å². The number of ether oxygens (including phenoxy) is 2. The molecule has 0 aliphatic heterocycles. The van der Waals surface area contributed by atoms with E-state index < -0.39 is 0 Å². The van der Waals surface area contributed by atoms with E-state index in [1.165, 1.54) is 5.56 Å². The number of hydrogen-bond acceptors (Lipinski definition) is 3. The lowest BCUT2D eigenvalue weighted by atomic mass is 9.93. The summed E-state index contributed by atoms with van der Waals surface area (Å²) in [7, 11) is 7.52. The maximum atomic E-state index is 5.31. The van der Waals surface area contributed by atoms with E-state index in [1.54, 1.807) is 14.2 Å². The third kappa shape index (κ3) is 3.37. The van der Waals surface area contributed by atoms with E-state index in [4.69, 9.17) is 9.47 Å². The number of rotatable bonds is 5. The van der Waals surface area contributed by atoms with Crippen molar-refractivity contribution in [2.75, 3.05) is 28.3 Å². The molecule has 1 aromatic rings. The molecule has 0 unspecified atom stereocenters. The van der Waals surface area contributed by atoms with Crippen LogP contribution in [-0.2, 0) is 6.42 Å². The fourth-order valence-electron chi connectivity index (χ4n) is 1.65. The van der Waals surface area contributed by atoms with Gasteiger partial charge in [-0.15, -0.1) is 0 Å². The molecular formula is C14H23NO2. The molecular weight excluding hydrogens is 214 g/mol. The second-order valence-corrected chi connectivity index (χ2v) is 5.07. The quantitative estimate of drug-likeness (QED) is 0.785. The van der Waals surface area contributed by atoms with Crippen molar-refractivity contribution < 1.29 is 9.47 Å². The molecule has 1 rings (SSSR count). The number of hydrogen-bond donors (Lipinski definition) is 0. The third-order valence-electron chi connectivity index (χ3n) is 3.30. The summed E-state index contributed by atoms with van der Waals surface area (Å²) < 4.78 is 10.5. The Hall–Kier alpha value is -1.22. The van der Waals surface area contributed by atoms with Crippen LogP contribution in [0.25, 0.3) is 0 Å². The van der Waals surface area contributed by atoms with Gasteiger partial charge in [0.05, 0.1) is 14.2 Å². The Bertz CT molecular complexity index is 372. The first kappa shape index (κ1) is 13.8. The molecule has 17 heavy (non-hydrogen) atoms. The molecule has 0 aliphatic carbocycles. The average molecular weight is 237 g/mol. The summed E-state index contributed by atoms with van der Waals surface area (Å²) in [6, 6.07) is 6.09. The molecule has 0 aromatic heterocycles. The van der Waals surface area contributed by atoms with Crippen molar-refractivity contribution in [2.24, 2.45) is 0 Å². The first-order valence-corrected chi connectivity index (χ1v) is 5.79. The van der Waals surface area contributed by atoms with E-state index in [9.17, 15) is 0 Å². The molecule has 0 atom stereocenters. The van der Waals surface area contributed by atoms with Gasteiger partial charge in [-0.1, -0.05) is 6.07 Å². The molecule has 3 nitrogen and oxygen atoms in total. The standard InChI is InChI=1S/C14H23NO2/c1-14(2,15(3)4)10-11-7-8-12(16-5)13(9-11)17-6/h7-9H,10H2,1-6H3. The van der Waals surface area contributed by atoms with Crippen LogP contribution in [0.3, 0.4) is 0 Å². The molecule has 0 aliphatic rings. The molecule has 1 aromatic carbocycles. The van der Waals surface area contributed by atoms with Crippen molar-refractivity contribution >= 4 is 0 Å². The van der Waals surface area contributed by atoms with Crippen LogP contribution >= 0.6 is 0 Å². The van der Waals surface area contributed by atoms with Gasteiger partial charge >= 0.3 is 0 Å². The van der Waals surface area contributed by atoms with Gasteiger partial charge in [0, 0.05) is 5.54 Å². The van der Waals surface area contributed by atoms with E-state index >= 15 is 0 Å². The van der Waals surface area contributed by atoms with Gasteiger partial charge in [-0.2, -0.15) is 0 Å². The van der Waals surface area contributed by atoms with Crippen LogP contribution in [0.5, 0.6) is 11.5 Å². The molecule has 0 fully saturated rings. The molecule has 0 heterocycles. The summed E-state index contributed by atoms with van der Waals surface area (Å²) in [6.45, 7) is 4.45. The highest BCUT2D eigenvalue weighted by atomic mass is 16.5. The maximum Gasteiger partial charge on any atom is 0.160 e. The first-order valence-electron chi connectivity index (χ1n) is 5.79. The zero-order valence-electron chi connectivity index (χ0n) is 11.7. The highest BCUT2D eigenvalue weighted by Crippen LogP contribution is 2.29. The third-order valence-corrected chi connectivity index (χ3v) is 3.30. The van der Waals surface area contributed by atoms with Gasteiger partial charge in [0.2, 0.25) is 0 Å². The average Bonchev–Trinajstić information content (AvgIpc) is 2.28. The zero-order chi connectivity index (χ0) is 13.1. The number of nitrogens with zero attached hydrogens (tertiary/aromatic N) is 1. The predicted octanol–water partition coefficient (Wildman–Crippen LogP) is 2.59. The van der Waals surface area contributed by atoms with Gasteiger partial charge in [0.15, 0.2) is 11.5 Å². The number of methoxy groups -OCH3 is 2. The van der Waals surface area contributed by atoms with E-state index in [-0.39, 0.29) is 5.54 Å². The fourth-order valence-corrected chi connectivity index (χ4v) is 1.65.